The summed E-state index contributed by atoms with van der Waals surface area (Å²) < 4.78 is 0. The lowest BCUT2D eigenvalue weighted by Gasteiger charge is -2.06. The Hall–Kier alpha value is -0.740. The highest BCUT2D eigenvalue weighted by atomic mass is 16.5. The molecule has 1 rings (SSSR count). The summed E-state index contributed by atoms with van der Waals surface area (Å²) in [5.74, 6) is 0. The van der Waals surface area contributed by atoms with Crippen LogP contribution in [0, 0.1) is 0 Å². The van der Waals surface area contributed by atoms with Crippen molar-refractivity contribution in [3.63, 3.8) is 0 Å². The van der Waals surface area contributed by atoms with E-state index in [1.807, 2.05) is 0 Å². The van der Waals surface area contributed by atoms with E-state index in [9.17, 15) is 0 Å². The van der Waals surface area contributed by atoms with Gasteiger partial charge in [0.05, 0.1) is 0 Å². The zero-order chi connectivity index (χ0) is 5.28. The number of nitrogens with zero attached hydrogens (tertiary/aromatic N) is 2. The fourth-order valence-corrected chi connectivity index (χ4v) is 0.397. The van der Waals surface area contributed by atoms with Gasteiger partial charge in [0.2, 0.25) is 0 Å². The molecular formula is C3H6N2O2. The molecule has 0 aromatic carbocycles. The average Bonchev–Trinajstić information content (AvgIpc) is 1.87. The Morgan fingerprint density at radius 1 is 1.14 bits per heavy atom. The second kappa shape index (κ2) is 1.40. The summed E-state index contributed by atoms with van der Waals surface area (Å²) in [7, 11) is 0. The highest BCUT2D eigenvalue weighted by molar-refractivity contribution is 4.80. The molecule has 0 saturated carbocycles. The van der Waals surface area contributed by atoms with Crippen molar-refractivity contribution in [2.45, 2.75) is 0 Å². The predicted molar refractivity (Wildman–Crippen MR) is 21.3 cm³/mol. The molecule has 0 bridgehead atoms. The van der Waals surface area contributed by atoms with Crippen LogP contribution in [0.4, 0.5) is 0 Å². The van der Waals surface area contributed by atoms with Crippen LogP contribution in [-0.2, 0) is 0 Å². The van der Waals surface area contributed by atoms with E-state index in [0.29, 0.717) is 0 Å². The topological polar surface area (TPSA) is 46.9 Å². The van der Waals surface area contributed by atoms with Gasteiger partial charge in [-0.15, -0.1) is 0 Å². The molecule has 1 aliphatic rings. The molecule has 40 valence electrons. The normalized spacial score (nSPS) is 19.1. The summed E-state index contributed by atoms with van der Waals surface area (Å²) in [4.78, 5) is 0. The van der Waals surface area contributed by atoms with Crippen molar-refractivity contribution in [3.8, 4) is 0 Å². The second-order valence-corrected chi connectivity index (χ2v) is 1.32. The van der Waals surface area contributed by atoms with Gasteiger partial charge in [-0.2, -0.15) is 0 Å². The molecule has 0 aromatic rings. The molecule has 0 aliphatic carbocycles. The van der Waals surface area contributed by atoms with Gasteiger partial charge in [0.25, 0.3) is 0 Å². The van der Waals surface area contributed by atoms with Crippen molar-refractivity contribution in [1.29, 1.82) is 0 Å². The predicted octanol–water partition coefficient (Wildman–Crippen LogP) is -0.189. The maximum Gasteiger partial charge on any atom is 0.140 e. The van der Waals surface area contributed by atoms with Crippen LogP contribution in [0.1, 0.15) is 0 Å². The van der Waals surface area contributed by atoms with Crippen molar-refractivity contribution in [2.75, 3.05) is 6.67 Å². The SMILES string of the molecule is ON1C=CN(O)C1. The van der Waals surface area contributed by atoms with Gasteiger partial charge in [-0.1, -0.05) is 0 Å². The third-order valence-corrected chi connectivity index (χ3v) is 0.701. The first kappa shape index (κ1) is 4.42. The van der Waals surface area contributed by atoms with E-state index in [-0.39, 0.29) is 6.67 Å². The van der Waals surface area contributed by atoms with Gasteiger partial charge in [0.15, 0.2) is 0 Å². The smallest absolute Gasteiger partial charge is 0.140 e. The molecule has 0 atom stereocenters. The van der Waals surface area contributed by atoms with E-state index in [0.717, 1.165) is 10.1 Å². The molecule has 0 spiro atoms. The van der Waals surface area contributed by atoms with Crippen molar-refractivity contribution >= 4 is 0 Å². The lowest BCUT2D eigenvalue weighted by Crippen LogP contribution is -2.18. The Morgan fingerprint density at radius 2 is 1.57 bits per heavy atom. The summed E-state index contributed by atoms with van der Waals surface area (Å²) in [5.41, 5.74) is 0. The van der Waals surface area contributed by atoms with Crippen LogP contribution in [0.3, 0.4) is 0 Å². The van der Waals surface area contributed by atoms with Crippen molar-refractivity contribution < 1.29 is 10.4 Å². The number of hydroxylamine groups is 4. The van der Waals surface area contributed by atoms with Crippen LogP contribution in [0.15, 0.2) is 12.4 Å². The van der Waals surface area contributed by atoms with Gasteiger partial charge >= 0.3 is 0 Å². The monoisotopic (exact) mass is 102 g/mol. The Kier molecular flexibility index (Phi) is 0.883. The van der Waals surface area contributed by atoms with Gasteiger partial charge in [-0.25, -0.2) is 10.1 Å². The van der Waals surface area contributed by atoms with Gasteiger partial charge in [-0.3, -0.25) is 10.4 Å². The maximum absolute atomic E-state index is 8.44. The zero-order valence-electron chi connectivity index (χ0n) is 3.65. The second-order valence-electron chi connectivity index (χ2n) is 1.32. The standard InChI is InChI=1S/C3H6N2O2/c6-4-1-2-5(7)3-4/h1-2,6-7H,3H2. The average molecular weight is 102 g/mol. The van der Waals surface area contributed by atoms with E-state index in [1.54, 1.807) is 0 Å². The van der Waals surface area contributed by atoms with Crippen molar-refractivity contribution in [3.05, 3.63) is 12.4 Å². The quantitative estimate of drug-likeness (QED) is 0.445. The van der Waals surface area contributed by atoms with Crippen molar-refractivity contribution in [2.24, 2.45) is 0 Å². The van der Waals surface area contributed by atoms with Crippen LogP contribution < -0.4 is 0 Å². The first-order valence-electron chi connectivity index (χ1n) is 1.88. The van der Waals surface area contributed by atoms with Gasteiger partial charge < -0.3 is 0 Å². The molecule has 2 N–H and O–H groups in total. The van der Waals surface area contributed by atoms with E-state index < -0.39 is 0 Å². The molecular weight excluding hydrogens is 96.0 g/mol. The molecule has 0 fully saturated rings. The molecule has 4 heteroatoms. The molecule has 7 heavy (non-hydrogen) atoms. The van der Waals surface area contributed by atoms with Crippen LogP contribution in [0.25, 0.3) is 0 Å². The highest BCUT2D eigenvalue weighted by Gasteiger charge is 2.03. The molecule has 1 heterocycles. The Morgan fingerprint density at radius 3 is 1.71 bits per heavy atom. The molecule has 0 amide bonds. The summed E-state index contributed by atoms with van der Waals surface area (Å²) in [6.45, 7) is 0.139. The lowest BCUT2D eigenvalue weighted by atomic mass is 11.0. The first-order valence-corrected chi connectivity index (χ1v) is 1.88. The van der Waals surface area contributed by atoms with Crippen LogP contribution in [-0.4, -0.2) is 27.2 Å². The summed E-state index contributed by atoms with van der Waals surface area (Å²) in [5, 5.41) is 18.6. The summed E-state index contributed by atoms with van der Waals surface area (Å²) in [6, 6.07) is 0. The zero-order valence-corrected chi connectivity index (χ0v) is 3.65. The van der Waals surface area contributed by atoms with Crippen LogP contribution in [0.2, 0.25) is 0 Å². The Balaban J connectivity index is 2.42. The fourth-order valence-electron chi connectivity index (χ4n) is 0.397. The molecule has 0 unspecified atom stereocenters. The third-order valence-electron chi connectivity index (χ3n) is 0.701. The maximum atomic E-state index is 8.44. The first-order chi connectivity index (χ1) is 3.29. The minimum absolute atomic E-state index is 0.139. The van der Waals surface area contributed by atoms with E-state index >= 15 is 0 Å². The van der Waals surface area contributed by atoms with Crippen molar-refractivity contribution in [1.82, 2.24) is 10.1 Å². The lowest BCUT2D eigenvalue weighted by molar-refractivity contribution is -0.130. The summed E-state index contributed by atoms with van der Waals surface area (Å²) >= 11 is 0. The van der Waals surface area contributed by atoms with Gasteiger partial charge in [0.1, 0.15) is 6.67 Å². The number of hydrogen-bond donors (Lipinski definition) is 2. The van der Waals surface area contributed by atoms with Crippen LogP contribution in [0.5, 0.6) is 0 Å². The van der Waals surface area contributed by atoms with E-state index in [2.05, 4.69) is 0 Å². The molecule has 1 aliphatic heterocycles. The van der Waals surface area contributed by atoms with E-state index in [1.165, 1.54) is 12.4 Å². The molecule has 4 nitrogen and oxygen atoms in total. The largest absolute Gasteiger partial charge is 0.287 e. The minimum atomic E-state index is 0.139. The minimum Gasteiger partial charge on any atom is -0.287 e. The van der Waals surface area contributed by atoms with E-state index in [4.69, 9.17) is 10.4 Å². The highest BCUT2D eigenvalue weighted by Crippen LogP contribution is 1.96. The number of rotatable bonds is 0. The number of hydrogen-bond acceptors (Lipinski definition) is 4. The van der Waals surface area contributed by atoms with Crippen LogP contribution >= 0.6 is 0 Å². The molecule has 0 saturated heterocycles. The summed E-state index contributed by atoms with van der Waals surface area (Å²) in [6.07, 6.45) is 2.72. The van der Waals surface area contributed by atoms with Gasteiger partial charge in [0, 0.05) is 12.4 Å². The third kappa shape index (κ3) is 0.819. The Bertz CT molecular complexity index is 82.9. The fraction of sp³-hybridized carbons (Fsp3) is 0.333. The Labute approximate surface area is 40.8 Å². The molecule has 0 aromatic heterocycles. The molecule has 0 radical (unpaired) electrons. The van der Waals surface area contributed by atoms with Gasteiger partial charge in [-0.05, 0) is 0 Å².